The Morgan fingerprint density at radius 1 is 0.720 bits per heavy atom. The highest BCUT2D eigenvalue weighted by atomic mass is 31.2. The van der Waals surface area contributed by atoms with Crippen molar-refractivity contribution in [1.82, 2.24) is 5.32 Å². The van der Waals surface area contributed by atoms with Crippen LogP contribution in [0, 0.1) is 0 Å². The molecular weight excluding hydrogens is 647 g/mol. The van der Waals surface area contributed by atoms with E-state index in [4.69, 9.17) is 9.05 Å². The molecule has 0 aliphatic heterocycles. The van der Waals surface area contributed by atoms with E-state index in [2.05, 4.69) is 92.1 Å². The van der Waals surface area contributed by atoms with E-state index in [1.165, 1.54) is 32.1 Å². The van der Waals surface area contributed by atoms with Gasteiger partial charge in [-0.3, -0.25) is 9.36 Å². The van der Waals surface area contributed by atoms with Crippen LogP contribution in [0.1, 0.15) is 117 Å². The van der Waals surface area contributed by atoms with E-state index in [0.717, 1.165) is 57.8 Å². The Labute approximate surface area is 306 Å². The van der Waals surface area contributed by atoms with Crippen LogP contribution in [-0.4, -0.2) is 68.5 Å². The Morgan fingerprint density at radius 2 is 1.24 bits per heavy atom. The lowest BCUT2D eigenvalue weighted by molar-refractivity contribution is -0.870. The summed E-state index contributed by atoms with van der Waals surface area (Å²) >= 11 is 0. The lowest BCUT2D eigenvalue weighted by Crippen LogP contribution is -2.45. The molecule has 0 heterocycles. The van der Waals surface area contributed by atoms with Crippen molar-refractivity contribution in [2.75, 3.05) is 40.9 Å². The third kappa shape index (κ3) is 34.1. The maximum atomic E-state index is 12.7. The van der Waals surface area contributed by atoms with Gasteiger partial charge >= 0.3 is 0 Å². The zero-order valence-electron chi connectivity index (χ0n) is 32.1. The van der Waals surface area contributed by atoms with E-state index >= 15 is 0 Å². The standard InChI is InChI=1S/C41H71N2O6P/c1-6-8-10-12-14-16-18-19-20-21-22-23-25-27-29-31-33-35-41(45)42-39(38-49-50(46,47)48-37-36-43(3,4)5)40(44)34-32-30-28-26-24-17-15-13-11-9-7-2/h8,10,14,16,19-20,22-24,26-27,29,32,34,39-40,44H,6-7,9,11-13,15,17-18,21,25,28,30-31,33,35-38H2,1-5H3,(H-,42,45,46,47)/b10-8-,16-14-,20-19-,23-22-,26-24+,29-27-,34-32+. The molecule has 0 bridgehead atoms. The number of phosphoric acid groups is 1. The molecule has 0 spiro atoms. The molecule has 0 aromatic heterocycles. The fourth-order valence-electron chi connectivity index (χ4n) is 4.55. The van der Waals surface area contributed by atoms with E-state index in [1.807, 2.05) is 27.2 Å². The van der Waals surface area contributed by atoms with Crippen LogP contribution in [0.2, 0.25) is 0 Å². The number of amides is 1. The number of likely N-dealkylation sites (N-methyl/N-ethyl adjacent to an activating group) is 1. The summed E-state index contributed by atoms with van der Waals surface area (Å²) in [6.07, 6.45) is 43.5. The minimum absolute atomic E-state index is 0.0220. The summed E-state index contributed by atoms with van der Waals surface area (Å²) in [5.41, 5.74) is 0. The highest BCUT2D eigenvalue weighted by Crippen LogP contribution is 2.38. The fourth-order valence-corrected chi connectivity index (χ4v) is 5.28. The average molecular weight is 719 g/mol. The van der Waals surface area contributed by atoms with Crippen LogP contribution in [0.3, 0.4) is 0 Å². The molecule has 3 unspecified atom stereocenters. The van der Waals surface area contributed by atoms with Crippen LogP contribution in [-0.2, 0) is 18.4 Å². The zero-order chi connectivity index (χ0) is 37.2. The number of aliphatic hydroxyl groups is 1. The smallest absolute Gasteiger partial charge is 0.268 e. The Bertz CT molecular complexity index is 1090. The largest absolute Gasteiger partial charge is 0.756 e. The number of hydrogen-bond donors (Lipinski definition) is 2. The molecule has 0 aromatic carbocycles. The highest BCUT2D eigenvalue weighted by molar-refractivity contribution is 7.45. The summed E-state index contributed by atoms with van der Waals surface area (Å²) in [4.78, 5) is 25.1. The maximum Gasteiger partial charge on any atom is 0.268 e. The summed E-state index contributed by atoms with van der Waals surface area (Å²) in [6, 6.07) is -0.935. The van der Waals surface area contributed by atoms with Crippen LogP contribution in [0.25, 0.3) is 0 Å². The first kappa shape index (κ1) is 47.7. The van der Waals surface area contributed by atoms with Crippen molar-refractivity contribution in [1.29, 1.82) is 0 Å². The number of rotatable bonds is 32. The van der Waals surface area contributed by atoms with Crippen molar-refractivity contribution < 1.29 is 32.9 Å². The van der Waals surface area contributed by atoms with Crippen molar-refractivity contribution in [3.63, 3.8) is 0 Å². The number of carbonyl (C=O) groups excluding carboxylic acids is 1. The molecule has 0 fully saturated rings. The van der Waals surface area contributed by atoms with Gasteiger partial charge in [-0.2, -0.15) is 0 Å². The molecule has 8 nitrogen and oxygen atoms in total. The van der Waals surface area contributed by atoms with Gasteiger partial charge in [-0.25, -0.2) is 0 Å². The number of nitrogens with one attached hydrogen (secondary N) is 1. The first-order valence-corrected chi connectivity index (χ1v) is 20.4. The van der Waals surface area contributed by atoms with Gasteiger partial charge in [-0.15, -0.1) is 0 Å². The molecule has 0 saturated carbocycles. The number of carbonyl (C=O) groups is 1. The normalized spacial score (nSPS) is 15.6. The van der Waals surface area contributed by atoms with Gasteiger partial charge in [-0.1, -0.05) is 125 Å². The topological polar surface area (TPSA) is 108 Å². The molecule has 0 rings (SSSR count). The van der Waals surface area contributed by atoms with E-state index in [0.29, 0.717) is 17.4 Å². The van der Waals surface area contributed by atoms with E-state index < -0.39 is 26.6 Å². The van der Waals surface area contributed by atoms with Gasteiger partial charge < -0.3 is 28.8 Å². The second kappa shape index (κ2) is 32.6. The molecule has 2 N–H and O–H groups in total. The molecule has 3 atom stereocenters. The molecule has 0 aromatic rings. The second-order valence-corrected chi connectivity index (χ2v) is 14.9. The van der Waals surface area contributed by atoms with Gasteiger partial charge in [0, 0.05) is 6.42 Å². The van der Waals surface area contributed by atoms with Gasteiger partial charge in [0.25, 0.3) is 7.82 Å². The molecule has 0 saturated heterocycles. The first-order chi connectivity index (χ1) is 24.0. The second-order valence-electron chi connectivity index (χ2n) is 13.5. The first-order valence-electron chi connectivity index (χ1n) is 18.9. The lowest BCUT2D eigenvalue weighted by atomic mass is 10.1. The number of nitrogens with zero attached hydrogens (tertiary/aromatic N) is 1. The third-order valence-corrected chi connectivity index (χ3v) is 8.55. The Hall–Kier alpha value is -2.32. The zero-order valence-corrected chi connectivity index (χ0v) is 32.9. The fraction of sp³-hybridized carbons (Fsp3) is 0.634. The third-order valence-electron chi connectivity index (χ3n) is 7.59. The molecule has 0 aliphatic rings. The highest BCUT2D eigenvalue weighted by Gasteiger charge is 2.23. The van der Waals surface area contributed by atoms with E-state index in [1.54, 1.807) is 6.08 Å². The van der Waals surface area contributed by atoms with Crippen molar-refractivity contribution in [2.24, 2.45) is 0 Å². The summed E-state index contributed by atoms with van der Waals surface area (Å²) < 4.78 is 23.0. The molecule has 0 aliphatic carbocycles. The summed E-state index contributed by atoms with van der Waals surface area (Å²) in [6.45, 7) is 4.39. The molecule has 1 amide bonds. The number of hydrogen-bond acceptors (Lipinski definition) is 6. The van der Waals surface area contributed by atoms with Gasteiger partial charge in [0.15, 0.2) is 0 Å². The number of phosphoric ester groups is 1. The predicted octanol–water partition coefficient (Wildman–Crippen LogP) is 9.21. The summed E-state index contributed by atoms with van der Waals surface area (Å²) in [5.74, 6) is -0.271. The van der Waals surface area contributed by atoms with Crippen LogP contribution >= 0.6 is 7.82 Å². The summed E-state index contributed by atoms with van der Waals surface area (Å²) in [5, 5.41) is 13.6. The molecule has 0 radical (unpaired) electrons. The molecular formula is C41H71N2O6P. The van der Waals surface area contributed by atoms with Gasteiger partial charge in [0.1, 0.15) is 13.2 Å². The molecule has 50 heavy (non-hydrogen) atoms. The SMILES string of the molecule is CC/C=C\C/C=C\C/C=C\C/C=C\C/C=C\CCCC(=O)NC(COP(=O)([O-])OCC[N+](C)(C)C)C(O)/C=C/CC/C=C/CCCCCCC. The van der Waals surface area contributed by atoms with Crippen LogP contribution in [0.4, 0.5) is 0 Å². The monoisotopic (exact) mass is 719 g/mol. The average Bonchev–Trinajstić information content (AvgIpc) is 3.06. The number of aliphatic hydroxyl groups excluding tert-OH is 1. The maximum absolute atomic E-state index is 12.7. The van der Waals surface area contributed by atoms with E-state index in [9.17, 15) is 19.4 Å². The van der Waals surface area contributed by atoms with E-state index in [-0.39, 0.29) is 18.9 Å². The van der Waals surface area contributed by atoms with Crippen molar-refractivity contribution >= 4 is 13.7 Å². The van der Waals surface area contributed by atoms with Gasteiger partial charge in [0.2, 0.25) is 5.91 Å². The minimum atomic E-state index is -4.61. The number of quaternary nitrogens is 1. The van der Waals surface area contributed by atoms with Crippen molar-refractivity contribution in [3.05, 3.63) is 85.1 Å². The van der Waals surface area contributed by atoms with Gasteiger partial charge in [-0.05, 0) is 70.6 Å². The molecule has 9 heteroatoms. The van der Waals surface area contributed by atoms with Crippen LogP contribution < -0.4 is 10.2 Å². The quantitative estimate of drug-likeness (QED) is 0.0311. The number of unbranched alkanes of at least 4 members (excludes halogenated alkanes) is 7. The van der Waals surface area contributed by atoms with Crippen molar-refractivity contribution in [3.8, 4) is 0 Å². The lowest BCUT2D eigenvalue weighted by Gasteiger charge is -2.29. The van der Waals surface area contributed by atoms with Crippen LogP contribution in [0.5, 0.6) is 0 Å². The Kier molecular flexibility index (Phi) is 31.1. The minimum Gasteiger partial charge on any atom is -0.756 e. The predicted molar refractivity (Wildman–Crippen MR) is 210 cm³/mol. The van der Waals surface area contributed by atoms with Crippen LogP contribution in [0.15, 0.2) is 85.1 Å². The Balaban J connectivity index is 4.70. The summed E-state index contributed by atoms with van der Waals surface area (Å²) in [7, 11) is 1.19. The number of allylic oxidation sites excluding steroid dienone is 13. The molecule has 286 valence electrons. The van der Waals surface area contributed by atoms with Crippen molar-refractivity contribution in [2.45, 2.75) is 129 Å². The van der Waals surface area contributed by atoms with Gasteiger partial charge in [0.05, 0.1) is 39.9 Å². The Morgan fingerprint density at radius 3 is 1.84 bits per heavy atom.